The van der Waals surface area contributed by atoms with E-state index in [1.807, 2.05) is 6.92 Å². The Morgan fingerprint density at radius 3 is 2.48 bits per heavy atom. The molecule has 1 aliphatic heterocycles. The first-order valence-corrected chi connectivity index (χ1v) is 10.6. The molecule has 8 heteroatoms. The fourth-order valence-electron chi connectivity index (χ4n) is 3.30. The first kappa shape index (κ1) is 22.4. The monoisotopic (exact) mass is 466 g/mol. The van der Waals surface area contributed by atoms with Crippen molar-refractivity contribution in [3.05, 3.63) is 94.4 Å². The van der Waals surface area contributed by atoms with Gasteiger partial charge in [0.15, 0.2) is 11.5 Å². The van der Waals surface area contributed by atoms with Gasteiger partial charge in [-0.1, -0.05) is 35.9 Å². The summed E-state index contributed by atoms with van der Waals surface area (Å²) < 4.78 is 25.3. The van der Waals surface area contributed by atoms with E-state index in [0.29, 0.717) is 39.9 Å². The zero-order valence-electron chi connectivity index (χ0n) is 17.7. The summed E-state index contributed by atoms with van der Waals surface area (Å²) in [6.07, 6.45) is 1.55. The number of ether oxygens (including phenoxy) is 2. The van der Waals surface area contributed by atoms with E-state index < -0.39 is 11.9 Å². The Balaban J connectivity index is 1.55. The van der Waals surface area contributed by atoms with Crippen LogP contribution >= 0.6 is 11.6 Å². The van der Waals surface area contributed by atoms with Gasteiger partial charge < -0.3 is 14.8 Å². The quantitative estimate of drug-likeness (QED) is 0.366. The van der Waals surface area contributed by atoms with Crippen molar-refractivity contribution in [1.29, 1.82) is 0 Å². The fraction of sp³-hybridized carbons (Fsp3) is 0.120. The van der Waals surface area contributed by atoms with E-state index >= 15 is 0 Å². The van der Waals surface area contributed by atoms with E-state index in [-0.39, 0.29) is 18.1 Å². The van der Waals surface area contributed by atoms with E-state index in [1.165, 1.54) is 6.07 Å². The summed E-state index contributed by atoms with van der Waals surface area (Å²) in [6.45, 7) is 2.25. The van der Waals surface area contributed by atoms with Crippen molar-refractivity contribution >= 4 is 35.3 Å². The lowest BCUT2D eigenvalue weighted by molar-refractivity contribution is -0.113. The maximum Gasteiger partial charge on any atom is 0.333 e. The van der Waals surface area contributed by atoms with E-state index in [1.54, 1.807) is 66.7 Å². The number of hydrogen-bond acceptors (Lipinski definition) is 4. The molecule has 0 radical (unpaired) electrons. The van der Waals surface area contributed by atoms with E-state index in [2.05, 4.69) is 5.32 Å². The highest BCUT2D eigenvalue weighted by Crippen LogP contribution is 2.31. The van der Waals surface area contributed by atoms with Crippen LogP contribution < -0.4 is 19.7 Å². The number of amides is 3. The highest BCUT2D eigenvalue weighted by molar-refractivity contribution is 6.31. The number of urea groups is 1. The van der Waals surface area contributed by atoms with Gasteiger partial charge in [0.1, 0.15) is 18.1 Å². The van der Waals surface area contributed by atoms with Gasteiger partial charge in [0.2, 0.25) is 0 Å². The summed E-state index contributed by atoms with van der Waals surface area (Å²) in [4.78, 5) is 26.3. The number of rotatable bonds is 7. The summed E-state index contributed by atoms with van der Waals surface area (Å²) >= 11 is 5.89. The molecule has 3 aromatic rings. The minimum Gasteiger partial charge on any atom is -0.490 e. The number of nitrogens with zero attached hydrogens (tertiary/aromatic N) is 1. The van der Waals surface area contributed by atoms with Crippen molar-refractivity contribution in [2.45, 2.75) is 13.5 Å². The van der Waals surface area contributed by atoms with Crippen LogP contribution in [0.25, 0.3) is 6.08 Å². The average molecular weight is 467 g/mol. The smallest absolute Gasteiger partial charge is 0.333 e. The lowest BCUT2D eigenvalue weighted by Crippen LogP contribution is -2.30. The summed E-state index contributed by atoms with van der Waals surface area (Å²) in [5.41, 5.74) is 1.58. The van der Waals surface area contributed by atoms with Crippen molar-refractivity contribution in [2.24, 2.45) is 0 Å². The molecule has 0 atom stereocenters. The topological polar surface area (TPSA) is 67.9 Å². The molecule has 0 saturated carbocycles. The van der Waals surface area contributed by atoms with Crippen LogP contribution in [0.1, 0.15) is 18.1 Å². The molecule has 1 fully saturated rings. The molecule has 168 valence electrons. The lowest BCUT2D eigenvalue weighted by Gasteiger charge is -2.13. The summed E-state index contributed by atoms with van der Waals surface area (Å²) in [5.74, 6) is 0.0408. The minimum absolute atomic E-state index is 0.0395. The van der Waals surface area contributed by atoms with Crippen molar-refractivity contribution in [3.63, 3.8) is 0 Å². The van der Waals surface area contributed by atoms with Gasteiger partial charge in [-0.2, -0.15) is 0 Å². The van der Waals surface area contributed by atoms with Gasteiger partial charge in [0.05, 0.1) is 12.3 Å². The molecule has 3 amide bonds. The van der Waals surface area contributed by atoms with Gasteiger partial charge in [-0.3, -0.25) is 4.79 Å². The second-order valence-corrected chi connectivity index (χ2v) is 7.56. The second kappa shape index (κ2) is 9.75. The molecule has 0 unspecified atom stereocenters. The van der Waals surface area contributed by atoms with Gasteiger partial charge in [-0.15, -0.1) is 0 Å². The maximum absolute atomic E-state index is 13.9. The predicted octanol–water partition coefficient (Wildman–Crippen LogP) is 5.55. The molecule has 6 nitrogen and oxygen atoms in total. The Bertz CT molecular complexity index is 1230. The fourth-order valence-corrected chi connectivity index (χ4v) is 3.43. The summed E-state index contributed by atoms with van der Waals surface area (Å²) in [5, 5.41) is 3.09. The molecule has 0 aromatic heterocycles. The molecule has 4 rings (SSSR count). The predicted molar refractivity (Wildman–Crippen MR) is 124 cm³/mol. The van der Waals surface area contributed by atoms with Crippen LogP contribution in [0, 0.1) is 5.82 Å². The van der Waals surface area contributed by atoms with Crippen molar-refractivity contribution in [1.82, 2.24) is 5.32 Å². The largest absolute Gasteiger partial charge is 0.490 e. The van der Waals surface area contributed by atoms with Crippen LogP contribution in [0.2, 0.25) is 5.02 Å². The molecular weight excluding hydrogens is 447 g/mol. The Morgan fingerprint density at radius 1 is 1.00 bits per heavy atom. The van der Waals surface area contributed by atoms with Gasteiger partial charge >= 0.3 is 6.03 Å². The van der Waals surface area contributed by atoms with E-state index in [9.17, 15) is 14.0 Å². The molecule has 1 N–H and O–H groups in total. The molecule has 1 saturated heterocycles. The van der Waals surface area contributed by atoms with Crippen LogP contribution in [-0.2, 0) is 11.4 Å². The third-order valence-corrected chi connectivity index (χ3v) is 5.13. The number of carbonyl (C=O) groups is 2. The second-order valence-electron chi connectivity index (χ2n) is 7.12. The highest BCUT2D eigenvalue weighted by Gasteiger charge is 2.34. The summed E-state index contributed by atoms with van der Waals surface area (Å²) in [6, 6.07) is 17.3. The number of anilines is 1. The first-order chi connectivity index (χ1) is 16.0. The normalized spacial score (nSPS) is 14.5. The third kappa shape index (κ3) is 4.99. The van der Waals surface area contributed by atoms with Gasteiger partial charge in [0, 0.05) is 10.6 Å². The SMILES string of the molecule is CCOc1cc(/C=C2/NC(=O)N(c3ccc(Cl)cc3)C2=O)ccc1OCc1ccccc1F. The maximum atomic E-state index is 13.9. The molecule has 0 aliphatic carbocycles. The summed E-state index contributed by atoms with van der Waals surface area (Å²) in [7, 11) is 0. The van der Waals surface area contributed by atoms with Crippen molar-refractivity contribution < 1.29 is 23.5 Å². The lowest BCUT2D eigenvalue weighted by atomic mass is 10.1. The molecule has 33 heavy (non-hydrogen) atoms. The molecule has 0 spiro atoms. The third-order valence-electron chi connectivity index (χ3n) is 4.88. The number of hydrogen-bond donors (Lipinski definition) is 1. The number of imide groups is 1. The van der Waals surface area contributed by atoms with Gasteiger partial charge in [0.25, 0.3) is 5.91 Å². The van der Waals surface area contributed by atoms with Crippen LogP contribution in [0.4, 0.5) is 14.9 Å². The Kier molecular flexibility index (Phi) is 6.60. The van der Waals surface area contributed by atoms with E-state index in [4.69, 9.17) is 21.1 Å². The minimum atomic E-state index is -0.552. The van der Waals surface area contributed by atoms with Crippen LogP contribution in [-0.4, -0.2) is 18.5 Å². The Morgan fingerprint density at radius 2 is 1.76 bits per heavy atom. The average Bonchev–Trinajstić information content (AvgIpc) is 3.08. The number of halogens is 2. The molecule has 1 heterocycles. The standard InChI is InChI=1S/C25H20ClFN2O4/c1-2-32-23-14-16(7-12-22(23)33-15-17-5-3-4-6-20(17)27)13-21-24(30)29(25(31)28-21)19-10-8-18(26)9-11-19/h3-14H,2,15H2,1H3,(H,28,31)/b21-13+. The van der Waals surface area contributed by atoms with Gasteiger partial charge in [-0.05, 0) is 61.0 Å². The van der Waals surface area contributed by atoms with Crippen LogP contribution in [0.5, 0.6) is 11.5 Å². The molecule has 0 bridgehead atoms. The van der Waals surface area contributed by atoms with Crippen molar-refractivity contribution in [2.75, 3.05) is 11.5 Å². The molecule has 1 aliphatic rings. The first-order valence-electron chi connectivity index (χ1n) is 10.2. The van der Waals surface area contributed by atoms with Crippen LogP contribution in [0.15, 0.2) is 72.4 Å². The number of carbonyl (C=O) groups excluding carboxylic acids is 2. The zero-order chi connectivity index (χ0) is 23.4. The van der Waals surface area contributed by atoms with Crippen molar-refractivity contribution in [3.8, 4) is 11.5 Å². The Hall–Kier alpha value is -3.84. The molecular formula is C25H20ClFN2O4. The molecule has 3 aromatic carbocycles. The van der Waals surface area contributed by atoms with Crippen LogP contribution in [0.3, 0.4) is 0 Å². The number of benzene rings is 3. The van der Waals surface area contributed by atoms with Gasteiger partial charge in [-0.25, -0.2) is 14.1 Å². The number of nitrogens with one attached hydrogen (secondary N) is 1. The highest BCUT2D eigenvalue weighted by atomic mass is 35.5. The van der Waals surface area contributed by atoms with E-state index in [0.717, 1.165) is 4.90 Å². The Labute approximate surface area is 195 Å². The zero-order valence-corrected chi connectivity index (χ0v) is 18.4.